The van der Waals surface area contributed by atoms with Crippen LogP contribution in [0.25, 0.3) is 0 Å². The highest BCUT2D eigenvalue weighted by molar-refractivity contribution is 5.68. The molecule has 1 atom stereocenters. The fourth-order valence-corrected chi connectivity index (χ4v) is 3.06. The van der Waals surface area contributed by atoms with E-state index >= 15 is 0 Å². The summed E-state index contributed by atoms with van der Waals surface area (Å²) < 4.78 is 5.42. The summed E-state index contributed by atoms with van der Waals surface area (Å²) in [6.07, 6.45) is 3.29. The maximum absolute atomic E-state index is 12.0. The van der Waals surface area contributed by atoms with Crippen LogP contribution in [-0.4, -0.2) is 42.3 Å². The Morgan fingerprint density at radius 2 is 1.94 bits per heavy atom. The number of hydrogen-bond acceptors (Lipinski definition) is 3. The summed E-state index contributed by atoms with van der Waals surface area (Å²) in [7, 11) is 0. The molecule has 1 spiro atoms. The molecule has 2 rings (SSSR count). The molecule has 0 aromatic carbocycles. The summed E-state index contributed by atoms with van der Waals surface area (Å²) in [6.45, 7) is 10.8. The third-order valence-corrected chi connectivity index (χ3v) is 4.04. The molecule has 0 bridgehead atoms. The van der Waals surface area contributed by atoms with E-state index in [0.717, 1.165) is 32.5 Å². The molecule has 0 aromatic rings. The Kier molecular flexibility index (Phi) is 3.58. The van der Waals surface area contributed by atoms with Gasteiger partial charge in [-0.2, -0.15) is 0 Å². The monoisotopic (exact) mass is 254 g/mol. The zero-order chi connectivity index (χ0) is 13.4. The van der Waals surface area contributed by atoms with Gasteiger partial charge in [0.15, 0.2) is 0 Å². The molecular formula is C14H26N2O2. The Labute approximate surface area is 110 Å². The number of carbonyl (C=O) groups is 1. The normalized spacial score (nSPS) is 27.6. The Morgan fingerprint density at radius 3 is 2.39 bits per heavy atom. The minimum Gasteiger partial charge on any atom is -0.444 e. The lowest BCUT2D eigenvalue weighted by atomic mass is 9.77. The van der Waals surface area contributed by atoms with E-state index < -0.39 is 5.60 Å². The molecule has 0 aliphatic carbocycles. The van der Waals surface area contributed by atoms with Gasteiger partial charge in [0.1, 0.15) is 5.60 Å². The number of nitrogens with one attached hydrogen (secondary N) is 1. The highest BCUT2D eigenvalue weighted by atomic mass is 16.6. The molecule has 2 aliphatic heterocycles. The van der Waals surface area contributed by atoms with Gasteiger partial charge in [-0.05, 0) is 52.4 Å². The lowest BCUT2D eigenvalue weighted by Gasteiger charge is -2.39. The molecule has 0 radical (unpaired) electrons. The molecular weight excluding hydrogens is 228 g/mol. The van der Waals surface area contributed by atoms with Crippen LogP contribution in [0.15, 0.2) is 0 Å². The van der Waals surface area contributed by atoms with Crippen molar-refractivity contribution in [1.82, 2.24) is 10.2 Å². The molecule has 0 unspecified atom stereocenters. The second-order valence-electron chi connectivity index (χ2n) is 6.95. The van der Waals surface area contributed by atoms with Crippen molar-refractivity contribution in [3.05, 3.63) is 0 Å². The van der Waals surface area contributed by atoms with Crippen LogP contribution in [0.5, 0.6) is 0 Å². The van der Waals surface area contributed by atoms with Crippen molar-refractivity contribution in [2.45, 2.75) is 58.6 Å². The van der Waals surface area contributed by atoms with E-state index in [1.165, 1.54) is 6.42 Å². The van der Waals surface area contributed by atoms with Crippen LogP contribution in [0.4, 0.5) is 4.79 Å². The van der Waals surface area contributed by atoms with E-state index in [1.54, 1.807) is 0 Å². The second kappa shape index (κ2) is 4.72. The largest absolute Gasteiger partial charge is 0.444 e. The predicted molar refractivity (Wildman–Crippen MR) is 71.6 cm³/mol. The van der Waals surface area contributed by atoms with Crippen LogP contribution < -0.4 is 5.32 Å². The summed E-state index contributed by atoms with van der Waals surface area (Å²) in [5.74, 6) is 0. The number of piperidine rings is 1. The zero-order valence-corrected chi connectivity index (χ0v) is 12.1. The van der Waals surface area contributed by atoms with Gasteiger partial charge < -0.3 is 15.0 Å². The molecule has 4 heteroatoms. The quantitative estimate of drug-likeness (QED) is 0.721. The lowest BCUT2D eigenvalue weighted by Crippen LogP contribution is -2.45. The molecule has 4 nitrogen and oxygen atoms in total. The van der Waals surface area contributed by atoms with E-state index in [-0.39, 0.29) is 6.09 Å². The predicted octanol–water partition coefficient (Wildman–Crippen LogP) is 2.39. The fourth-order valence-electron chi connectivity index (χ4n) is 3.06. The first-order valence-corrected chi connectivity index (χ1v) is 7.01. The molecule has 2 aliphatic rings. The number of rotatable bonds is 0. The van der Waals surface area contributed by atoms with Crippen molar-refractivity contribution in [2.75, 3.05) is 19.6 Å². The van der Waals surface area contributed by atoms with Crippen LogP contribution in [0, 0.1) is 5.41 Å². The summed E-state index contributed by atoms with van der Waals surface area (Å²) >= 11 is 0. The minimum absolute atomic E-state index is 0.156. The maximum atomic E-state index is 12.0. The standard InChI is InChI=1S/C14H26N2O2/c1-11-9-14(10-15-11)5-7-16(8-6-14)12(17)18-13(2,3)4/h11,15H,5-10H2,1-4H3/t11-/m0/s1. The third kappa shape index (κ3) is 3.16. The molecule has 2 saturated heterocycles. The average molecular weight is 254 g/mol. The van der Waals surface area contributed by atoms with Gasteiger partial charge in [-0.3, -0.25) is 0 Å². The van der Waals surface area contributed by atoms with Crippen molar-refractivity contribution in [2.24, 2.45) is 5.41 Å². The van der Waals surface area contributed by atoms with Gasteiger partial charge in [0.05, 0.1) is 0 Å². The van der Waals surface area contributed by atoms with Crippen LogP contribution in [0.2, 0.25) is 0 Å². The van der Waals surface area contributed by atoms with E-state index in [1.807, 2.05) is 25.7 Å². The fraction of sp³-hybridized carbons (Fsp3) is 0.929. The smallest absolute Gasteiger partial charge is 0.410 e. The Hall–Kier alpha value is -0.770. The van der Waals surface area contributed by atoms with E-state index in [0.29, 0.717) is 11.5 Å². The van der Waals surface area contributed by atoms with Gasteiger partial charge in [-0.25, -0.2) is 4.79 Å². The van der Waals surface area contributed by atoms with Crippen LogP contribution >= 0.6 is 0 Å². The van der Waals surface area contributed by atoms with Gasteiger partial charge in [0.2, 0.25) is 0 Å². The highest BCUT2D eigenvalue weighted by Gasteiger charge is 2.41. The summed E-state index contributed by atoms with van der Waals surface area (Å²) in [4.78, 5) is 13.8. The lowest BCUT2D eigenvalue weighted by molar-refractivity contribution is 0.0118. The first kappa shape index (κ1) is 13.7. The van der Waals surface area contributed by atoms with Crippen molar-refractivity contribution in [3.8, 4) is 0 Å². The van der Waals surface area contributed by atoms with Gasteiger partial charge >= 0.3 is 6.09 Å². The molecule has 0 aromatic heterocycles. The first-order chi connectivity index (χ1) is 8.30. The van der Waals surface area contributed by atoms with E-state index in [9.17, 15) is 4.79 Å². The van der Waals surface area contributed by atoms with Crippen LogP contribution in [0.1, 0.15) is 47.0 Å². The van der Waals surface area contributed by atoms with Crippen molar-refractivity contribution in [1.29, 1.82) is 0 Å². The topological polar surface area (TPSA) is 41.6 Å². The van der Waals surface area contributed by atoms with E-state index in [2.05, 4.69) is 12.2 Å². The second-order valence-corrected chi connectivity index (χ2v) is 6.95. The SMILES string of the molecule is C[C@H]1CC2(CCN(C(=O)OC(C)(C)C)CC2)CN1. The highest BCUT2D eigenvalue weighted by Crippen LogP contribution is 2.39. The van der Waals surface area contributed by atoms with Crippen LogP contribution in [0.3, 0.4) is 0 Å². The van der Waals surface area contributed by atoms with Crippen LogP contribution in [-0.2, 0) is 4.74 Å². The maximum Gasteiger partial charge on any atom is 0.410 e. The van der Waals surface area contributed by atoms with Crippen molar-refractivity contribution < 1.29 is 9.53 Å². The number of nitrogens with zero attached hydrogens (tertiary/aromatic N) is 1. The molecule has 1 N–H and O–H groups in total. The van der Waals surface area contributed by atoms with Crippen molar-refractivity contribution >= 4 is 6.09 Å². The minimum atomic E-state index is -0.393. The zero-order valence-electron chi connectivity index (χ0n) is 12.1. The molecule has 1 amide bonds. The Morgan fingerprint density at radius 1 is 1.33 bits per heavy atom. The summed E-state index contributed by atoms with van der Waals surface area (Å²) in [6, 6.07) is 0.623. The molecule has 18 heavy (non-hydrogen) atoms. The first-order valence-electron chi connectivity index (χ1n) is 7.01. The molecule has 104 valence electrons. The Bertz CT molecular complexity index is 314. The summed E-state index contributed by atoms with van der Waals surface area (Å²) in [5.41, 5.74) is 0.0353. The number of likely N-dealkylation sites (tertiary alicyclic amines) is 1. The number of ether oxygens (including phenoxy) is 1. The Balaban J connectivity index is 1.85. The van der Waals surface area contributed by atoms with E-state index in [4.69, 9.17) is 4.74 Å². The molecule has 0 saturated carbocycles. The van der Waals surface area contributed by atoms with Crippen molar-refractivity contribution in [3.63, 3.8) is 0 Å². The number of carbonyl (C=O) groups excluding carboxylic acids is 1. The van der Waals surface area contributed by atoms with Gasteiger partial charge in [0, 0.05) is 25.7 Å². The average Bonchev–Trinajstić information content (AvgIpc) is 2.58. The number of hydrogen-bond donors (Lipinski definition) is 1. The van der Waals surface area contributed by atoms with Gasteiger partial charge in [-0.15, -0.1) is 0 Å². The third-order valence-electron chi connectivity index (χ3n) is 4.04. The van der Waals surface area contributed by atoms with Gasteiger partial charge in [-0.1, -0.05) is 0 Å². The number of amides is 1. The van der Waals surface area contributed by atoms with Gasteiger partial charge in [0.25, 0.3) is 0 Å². The molecule has 2 heterocycles. The summed E-state index contributed by atoms with van der Waals surface area (Å²) in [5, 5.41) is 3.53. The molecule has 2 fully saturated rings.